The molecule has 6 heterocycles. The zero-order valence-corrected chi connectivity index (χ0v) is 63.6. The summed E-state index contributed by atoms with van der Waals surface area (Å²) < 4.78 is 24.4. The molecule has 107 heavy (non-hydrogen) atoms. The van der Waals surface area contributed by atoms with E-state index < -0.39 is 0 Å². The standard InChI is InChI=1S/C23H22N2O2.2C23H27NO3.C22H25NO3/c1-15-11-17(14-25(2)23(15)27)20-9-7-16-6-8-19(26)13-21(16)22(20)12-18-5-3-4-10-24-18;1-15-11-18(14-24(2)23(15)26)20-6-4-17-3-5-19(25)13-21(17)22(20)12-16-7-9-27-10-8-16;1-15-9-18(13-24(2)23(15)26)22-12-17-11-20(25)8-7-16(17)10-19(22)14-27-21-5-3-4-6-21;1-14-8-17(12-23(2)22(14)25)21-11-16-10-19(24)7-6-15(16)9-18(21)13-26-20-4-3-5-20/h3-5,7,9-11,14H,6,8,12-13H2,1-2H3;4,6,11,14,16H,3,5,7-10,12-13H2,1-2H3;9-10,12-13,21H,3-8,11,14H2,1-2H3;8-9,11-12,20H,3-7,10,13H2,1-2H3. The Bertz CT molecular complexity index is 5050. The minimum absolute atomic E-state index is 0.0122. The molecule has 16 rings (SSSR count). The van der Waals surface area contributed by atoms with Crippen molar-refractivity contribution in [2.24, 2.45) is 34.1 Å². The molecule has 0 spiro atoms. The second-order valence-electron chi connectivity index (χ2n) is 31.0. The lowest BCUT2D eigenvalue weighted by Crippen LogP contribution is -2.22. The maximum absolute atomic E-state index is 12.2. The van der Waals surface area contributed by atoms with Crippen LogP contribution >= 0.6 is 0 Å². The first-order valence-electron chi connectivity index (χ1n) is 38.6. The molecule has 0 amide bonds. The average Bonchev–Trinajstić information content (AvgIpc) is 1.06. The number of fused-ring (bicyclic) bond motifs is 4. The number of aromatic nitrogens is 5. The highest BCUT2D eigenvalue weighted by Gasteiger charge is 2.29. The summed E-state index contributed by atoms with van der Waals surface area (Å²) in [6, 6.07) is 31.1. The molecule has 7 aliphatic rings. The number of carbonyl (C=O) groups is 4. The Labute approximate surface area is 627 Å². The predicted octanol–water partition coefficient (Wildman–Crippen LogP) is 14.2. The predicted molar refractivity (Wildman–Crippen MR) is 419 cm³/mol. The van der Waals surface area contributed by atoms with E-state index in [1.54, 1.807) is 52.7 Å². The molecule has 9 aromatic rings. The number of pyridine rings is 5. The van der Waals surface area contributed by atoms with Crippen LogP contribution in [0.15, 0.2) is 141 Å². The molecule has 0 radical (unpaired) electrons. The normalized spacial score (nSPS) is 16.4. The van der Waals surface area contributed by atoms with E-state index in [4.69, 9.17) is 14.2 Å². The van der Waals surface area contributed by atoms with Gasteiger partial charge in [0.25, 0.3) is 22.2 Å². The maximum atomic E-state index is 12.2. The van der Waals surface area contributed by atoms with Crippen molar-refractivity contribution in [2.45, 2.75) is 201 Å². The van der Waals surface area contributed by atoms with Crippen molar-refractivity contribution in [3.63, 3.8) is 0 Å². The third-order valence-electron chi connectivity index (χ3n) is 23.0. The van der Waals surface area contributed by atoms with Gasteiger partial charge < -0.3 is 32.5 Å². The minimum atomic E-state index is 0.0122. The Balaban J connectivity index is 0.000000126. The van der Waals surface area contributed by atoms with E-state index in [0.717, 1.165) is 179 Å². The zero-order valence-electron chi connectivity index (χ0n) is 63.6. The molecule has 1 saturated heterocycles. The molecule has 16 nitrogen and oxygen atoms in total. The molecule has 0 atom stereocenters. The molecular formula is C91H101N5O11. The second-order valence-corrected chi connectivity index (χ2v) is 31.0. The van der Waals surface area contributed by atoms with Gasteiger partial charge in [-0.3, -0.25) is 43.3 Å². The van der Waals surface area contributed by atoms with Crippen molar-refractivity contribution in [3.05, 3.63) is 258 Å². The molecule has 1 aliphatic heterocycles. The largest absolute Gasteiger partial charge is 0.381 e. The summed E-state index contributed by atoms with van der Waals surface area (Å²) in [7, 11) is 7.15. The van der Waals surface area contributed by atoms with Crippen molar-refractivity contribution in [1.82, 2.24) is 23.3 Å². The molecule has 4 aromatic carbocycles. The van der Waals surface area contributed by atoms with Crippen LogP contribution in [0, 0.1) is 33.6 Å². The molecule has 16 heteroatoms. The van der Waals surface area contributed by atoms with Crippen LogP contribution < -0.4 is 22.2 Å². The molecule has 0 unspecified atom stereocenters. The number of hydrogen-bond donors (Lipinski definition) is 0. The fourth-order valence-corrected chi connectivity index (χ4v) is 16.7. The first kappa shape index (κ1) is 75.6. The summed E-state index contributed by atoms with van der Waals surface area (Å²) in [5.41, 5.74) is 27.0. The number of nitrogens with zero attached hydrogens (tertiary/aromatic N) is 5. The van der Waals surface area contributed by atoms with E-state index >= 15 is 0 Å². The number of ketones is 4. The number of rotatable bonds is 14. The third kappa shape index (κ3) is 17.8. The Morgan fingerprint density at radius 1 is 0.402 bits per heavy atom. The lowest BCUT2D eigenvalue weighted by atomic mass is 9.79. The molecule has 2 saturated carbocycles. The van der Waals surface area contributed by atoms with Crippen LogP contribution in [-0.4, -0.2) is 71.8 Å². The van der Waals surface area contributed by atoms with E-state index in [1.165, 1.54) is 58.2 Å². The van der Waals surface area contributed by atoms with Crippen LogP contribution in [0.2, 0.25) is 0 Å². The van der Waals surface area contributed by atoms with Gasteiger partial charge in [0, 0.05) is 158 Å². The van der Waals surface area contributed by atoms with Gasteiger partial charge in [-0.1, -0.05) is 67.4 Å². The molecule has 0 N–H and O–H groups in total. The first-order valence-corrected chi connectivity index (χ1v) is 38.6. The molecule has 3 fully saturated rings. The summed E-state index contributed by atoms with van der Waals surface area (Å²) >= 11 is 0. The molecule has 0 bridgehead atoms. The number of Topliss-reactive ketones (excluding diaryl/α,β-unsaturated/α-hetero) is 4. The van der Waals surface area contributed by atoms with Gasteiger partial charge in [0.15, 0.2) is 0 Å². The summed E-state index contributed by atoms with van der Waals surface area (Å²) in [5, 5.41) is 0. The Morgan fingerprint density at radius 3 is 1.20 bits per heavy atom. The van der Waals surface area contributed by atoms with Crippen molar-refractivity contribution >= 4 is 23.1 Å². The summed E-state index contributed by atoms with van der Waals surface area (Å²) in [6.45, 7) is 10.2. The van der Waals surface area contributed by atoms with E-state index in [2.05, 4.69) is 53.5 Å². The van der Waals surface area contributed by atoms with E-state index in [-0.39, 0.29) is 22.2 Å². The molecule has 5 aromatic heterocycles. The van der Waals surface area contributed by atoms with Gasteiger partial charge in [-0.05, 0) is 258 Å². The SMILES string of the molecule is Cc1cc(-c2cc3c(cc2COC2CCC2)CCC(=O)C3)cn(C)c1=O.Cc1cc(-c2cc3c(cc2COC2CCCC2)CCC(=O)C3)cn(C)c1=O.Cc1cc(-c2ccc3c(c2CC2CCOCC2)CC(=O)CC3)cn(C)c1=O.Cc1cc(-c2ccc3c(c2Cc2ccccn2)CC(=O)CC3)cn(C)c1=O. The monoisotopic (exact) mass is 1440 g/mol. The van der Waals surface area contributed by atoms with Crippen LogP contribution in [0.4, 0.5) is 0 Å². The van der Waals surface area contributed by atoms with Crippen LogP contribution in [0.3, 0.4) is 0 Å². The van der Waals surface area contributed by atoms with Crippen LogP contribution in [-0.2, 0) is 139 Å². The van der Waals surface area contributed by atoms with Crippen molar-refractivity contribution in [1.29, 1.82) is 0 Å². The number of aryl methyl sites for hydroxylation is 12. The zero-order chi connectivity index (χ0) is 75.2. The highest BCUT2D eigenvalue weighted by Crippen LogP contribution is 2.39. The highest BCUT2D eigenvalue weighted by molar-refractivity contribution is 5.88. The fourth-order valence-electron chi connectivity index (χ4n) is 16.7. The highest BCUT2D eigenvalue weighted by atomic mass is 16.5. The third-order valence-corrected chi connectivity index (χ3v) is 23.0. The van der Waals surface area contributed by atoms with Crippen LogP contribution in [0.25, 0.3) is 44.5 Å². The smallest absolute Gasteiger partial charge is 0.253 e. The first-order chi connectivity index (χ1) is 51.6. The van der Waals surface area contributed by atoms with Crippen molar-refractivity contribution in [2.75, 3.05) is 13.2 Å². The van der Waals surface area contributed by atoms with Crippen LogP contribution in [0.1, 0.15) is 178 Å². The number of benzene rings is 4. The lowest BCUT2D eigenvalue weighted by molar-refractivity contribution is -0.119. The number of ether oxygens (including phenoxy) is 3. The minimum Gasteiger partial charge on any atom is -0.381 e. The fraction of sp³-hybridized carbons (Fsp3) is 0.418. The number of carbonyl (C=O) groups excluding carboxylic acids is 4. The van der Waals surface area contributed by atoms with E-state index in [1.807, 2.05) is 94.9 Å². The summed E-state index contributed by atoms with van der Waals surface area (Å²) in [6.07, 6.45) is 30.1. The maximum Gasteiger partial charge on any atom is 0.253 e. The van der Waals surface area contributed by atoms with Gasteiger partial charge in [0.1, 0.15) is 23.1 Å². The molecule has 6 aliphatic carbocycles. The van der Waals surface area contributed by atoms with E-state index in [9.17, 15) is 38.4 Å². The van der Waals surface area contributed by atoms with Gasteiger partial charge >= 0.3 is 0 Å². The lowest BCUT2D eigenvalue weighted by Gasteiger charge is -2.27. The van der Waals surface area contributed by atoms with Gasteiger partial charge in [-0.2, -0.15) is 0 Å². The van der Waals surface area contributed by atoms with Gasteiger partial charge in [-0.15, -0.1) is 0 Å². The second kappa shape index (κ2) is 33.7. The Hall–Kier alpha value is -9.61. The number of hydrogen-bond acceptors (Lipinski definition) is 12. The van der Waals surface area contributed by atoms with Crippen molar-refractivity contribution < 1.29 is 33.4 Å². The average molecular weight is 1440 g/mol. The molecular weight excluding hydrogens is 1340 g/mol. The summed E-state index contributed by atoms with van der Waals surface area (Å²) in [5.74, 6) is 1.83. The van der Waals surface area contributed by atoms with Crippen molar-refractivity contribution in [3.8, 4) is 44.5 Å². The van der Waals surface area contributed by atoms with Crippen LogP contribution in [0.5, 0.6) is 0 Å². The van der Waals surface area contributed by atoms with Gasteiger partial charge in [-0.25, -0.2) is 0 Å². The summed E-state index contributed by atoms with van der Waals surface area (Å²) in [4.78, 5) is 101. The quantitative estimate of drug-likeness (QED) is 0.100. The topological polar surface area (TPSA) is 197 Å². The van der Waals surface area contributed by atoms with Gasteiger partial charge in [0.2, 0.25) is 0 Å². The molecule has 556 valence electrons. The van der Waals surface area contributed by atoms with Gasteiger partial charge in [0.05, 0.1) is 25.4 Å². The Kier molecular flexibility index (Phi) is 23.8. The van der Waals surface area contributed by atoms with E-state index in [0.29, 0.717) is 118 Å². The Morgan fingerprint density at radius 2 is 0.794 bits per heavy atom.